The molecule has 0 aromatic heterocycles. The third kappa shape index (κ3) is 0.959. The average Bonchev–Trinajstić information content (AvgIpc) is 2.48. The highest BCUT2D eigenvalue weighted by Gasteiger charge is 2.20. The number of benzene rings is 1. The summed E-state index contributed by atoms with van der Waals surface area (Å²) >= 11 is 0. The maximum absolute atomic E-state index is 11.3. The predicted molar refractivity (Wildman–Crippen MR) is 47.0 cm³/mol. The maximum Gasteiger partial charge on any atom is 0.163 e. The number of hydrogen-bond acceptors (Lipinski definition) is 2. The molecular formula is C10H11NO. The van der Waals surface area contributed by atoms with Crippen LogP contribution >= 0.6 is 0 Å². The Morgan fingerprint density at radius 3 is 2.92 bits per heavy atom. The van der Waals surface area contributed by atoms with Crippen molar-refractivity contribution in [2.75, 3.05) is 0 Å². The summed E-state index contributed by atoms with van der Waals surface area (Å²) in [7, 11) is 0. The van der Waals surface area contributed by atoms with Crippen molar-refractivity contribution in [1.29, 1.82) is 0 Å². The normalized spacial score (nSPS) is 14.9. The Morgan fingerprint density at radius 1 is 1.33 bits per heavy atom. The Kier molecular flexibility index (Phi) is 1.70. The molecule has 0 atom stereocenters. The summed E-state index contributed by atoms with van der Waals surface area (Å²) < 4.78 is 0. The molecule has 2 heteroatoms. The number of rotatable bonds is 1. The van der Waals surface area contributed by atoms with Gasteiger partial charge in [-0.3, -0.25) is 4.79 Å². The lowest BCUT2D eigenvalue weighted by Crippen LogP contribution is -2.01. The van der Waals surface area contributed by atoms with Crippen molar-refractivity contribution >= 4 is 5.78 Å². The first-order valence-corrected chi connectivity index (χ1v) is 4.17. The zero-order chi connectivity index (χ0) is 8.55. The summed E-state index contributed by atoms with van der Waals surface area (Å²) in [6.07, 6.45) is 1.54. The molecule has 2 rings (SSSR count). The Balaban J connectivity index is 2.58. The van der Waals surface area contributed by atoms with Crippen LogP contribution in [-0.2, 0) is 13.0 Å². The highest BCUT2D eigenvalue weighted by molar-refractivity contribution is 6.00. The molecule has 0 spiro atoms. The number of nitrogens with two attached hydrogens (primary N) is 1. The van der Waals surface area contributed by atoms with Crippen molar-refractivity contribution in [3.05, 3.63) is 34.9 Å². The van der Waals surface area contributed by atoms with Crippen molar-refractivity contribution in [1.82, 2.24) is 0 Å². The Labute approximate surface area is 71.4 Å². The minimum Gasteiger partial charge on any atom is -0.326 e. The first kappa shape index (κ1) is 7.50. The molecule has 0 unspecified atom stereocenters. The van der Waals surface area contributed by atoms with Gasteiger partial charge in [-0.2, -0.15) is 0 Å². The number of hydrogen-bond donors (Lipinski definition) is 1. The molecule has 0 heterocycles. The van der Waals surface area contributed by atoms with Crippen LogP contribution in [0.15, 0.2) is 18.2 Å². The minimum atomic E-state index is 0.264. The summed E-state index contributed by atoms with van der Waals surface area (Å²) in [4.78, 5) is 11.3. The van der Waals surface area contributed by atoms with E-state index in [1.54, 1.807) is 0 Å². The molecule has 1 aromatic rings. The molecule has 0 saturated carbocycles. The molecule has 0 fully saturated rings. The fourth-order valence-electron chi connectivity index (χ4n) is 1.76. The highest BCUT2D eigenvalue weighted by Crippen LogP contribution is 2.24. The lowest BCUT2D eigenvalue weighted by atomic mass is 10.0. The van der Waals surface area contributed by atoms with E-state index < -0.39 is 0 Å². The van der Waals surface area contributed by atoms with Crippen LogP contribution in [0.5, 0.6) is 0 Å². The van der Waals surface area contributed by atoms with Gasteiger partial charge in [0, 0.05) is 18.5 Å². The van der Waals surface area contributed by atoms with Crippen molar-refractivity contribution < 1.29 is 4.79 Å². The van der Waals surface area contributed by atoms with Crippen LogP contribution in [0.1, 0.15) is 27.9 Å². The van der Waals surface area contributed by atoms with E-state index in [0.29, 0.717) is 13.0 Å². The molecule has 1 aliphatic rings. The van der Waals surface area contributed by atoms with E-state index in [4.69, 9.17) is 5.73 Å². The number of carbonyl (C=O) groups is 1. The molecule has 0 saturated heterocycles. The zero-order valence-electron chi connectivity index (χ0n) is 6.84. The van der Waals surface area contributed by atoms with Crippen LogP contribution < -0.4 is 5.73 Å². The minimum absolute atomic E-state index is 0.264. The van der Waals surface area contributed by atoms with Crippen LogP contribution in [0.3, 0.4) is 0 Å². The van der Waals surface area contributed by atoms with Crippen molar-refractivity contribution in [3.8, 4) is 0 Å². The SMILES string of the molecule is NCc1cccc2c1CCC2=O. The van der Waals surface area contributed by atoms with Gasteiger partial charge >= 0.3 is 0 Å². The van der Waals surface area contributed by atoms with E-state index in [1.165, 1.54) is 5.56 Å². The van der Waals surface area contributed by atoms with Crippen LogP contribution in [-0.4, -0.2) is 5.78 Å². The second-order valence-electron chi connectivity index (χ2n) is 3.07. The number of Topliss-reactive ketones (excluding diaryl/α,β-unsaturated/α-hetero) is 1. The van der Waals surface area contributed by atoms with Gasteiger partial charge in [-0.25, -0.2) is 0 Å². The summed E-state index contributed by atoms with van der Waals surface area (Å²) in [6.45, 7) is 0.538. The fraction of sp³-hybridized carbons (Fsp3) is 0.300. The van der Waals surface area contributed by atoms with Crippen LogP contribution in [0, 0.1) is 0 Å². The zero-order valence-corrected chi connectivity index (χ0v) is 6.84. The average molecular weight is 161 g/mol. The lowest BCUT2D eigenvalue weighted by Gasteiger charge is -2.03. The van der Waals surface area contributed by atoms with Gasteiger partial charge in [-0.15, -0.1) is 0 Å². The second kappa shape index (κ2) is 2.72. The van der Waals surface area contributed by atoms with Crippen molar-refractivity contribution in [2.24, 2.45) is 5.73 Å². The first-order chi connectivity index (χ1) is 5.83. The molecule has 2 N–H and O–H groups in total. The van der Waals surface area contributed by atoms with E-state index in [1.807, 2.05) is 18.2 Å². The summed E-state index contributed by atoms with van der Waals surface area (Å²) in [5.41, 5.74) is 8.74. The molecule has 62 valence electrons. The summed E-state index contributed by atoms with van der Waals surface area (Å²) in [6, 6.07) is 5.80. The molecule has 0 amide bonds. The molecule has 2 nitrogen and oxygen atoms in total. The van der Waals surface area contributed by atoms with Gasteiger partial charge in [-0.1, -0.05) is 18.2 Å². The third-order valence-corrected chi connectivity index (χ3v) is 2.40. The Morgan fingerprint density at radius 2 is 2.17 bits per heavy atom. The van der Waals surface area contributed by atoms with Crippen molar-refractivity contribution in [2.45, 2.75) is 19.4 Å². The van der Waals surface area contributed by atoms with Gasteiger partial charge in [-0.05, 0) is 17.5 Å². The van der Waals surface area contributed by atoms with Crippen LogP contribution in [0.25, 0.3) is 0 Å². The summed E-state index contributed by atoms with van der Waals surface area (Å²) in [5.74, 6) is 0.264. The predicted octanol–water partition coefficient (Wildman–Crippen LogP) is 1.27. The van der Waals surface area contributed by atoms with Gasteiger partial charge in [0.05, 0.1) is 0 Å². The Hall–Kier alpha value is -1.15. The number of fused-ring (bicyclic) bond motifs is 1. The van der Waals surface area contributed by atoms with Gasteiger partial charge in [0.1, 0.15) is 0 Å². The van der Waals surface area contributed by atoms with Gasteiger partial charge in [0.25, 0.3) is 0 Å². The third-order valence-electron chi connectivity index (χ3n) is 2.40. The van der Waals surface area contributed by atoms with Crippen LogP contribution in [0.4, 0.5) is 0 Å². The van der Waals surface area contributed by atoms with Gasteiger partial charge < -0.3 is 5.73 Å². The van der Waals surface area contributed by atoms with E-state index >= 15 is 0 Å². The quantitative estimate of drug-likeness (QED) is 0.674. The van der Waals surface area contributed by atoms with Crippen molar-refractivity contribution in [3.63, 3.8) is 0 Å². The fourth-order valence-corrected chi connectivity index (χ4v) is 1.76. The first-order valence-electron chi connectivity index (χ1n) is 4.17. The summed E-state index contributed by atoms with van der Waals surface area (Å²) in [5, 5.41) is 0. The van der Waals surface area contributed by atoms with Gasteiger partial charge in [0.2, 0.25) is 0 Å². The van der Waals surface area contributed by atoms with E-state index in [-0.39, 0.29) is 5.78 Å². The maximum atomic E-state index is 11.3. The molecule has 1 aliphatic carbocycles. The van der Waals surface area contributed by atoms with Gasteiger partial charge in [0.15, 0.2) is 5.78 Å². The van der Waals surface area contributed by atoms with Crippen LogP contribution in [0.2, 0.25) is 0 Å². The second-order valence-corrected chi connectivity index (χ2v) is 3.07. The number of ketones is 1. The lowest BCUT2D eigenvalue weighted by molar-refractivity contribution is 0.0994. The molecule has 0 aliphatic heterocycles. The monoisotopic (exact) mass is 161 g/mol. The molecule has 1 aromatic carbocycles. The molecule has 12 heavy (non-hydrogen) atoms. The smallest absolute Gasteiger partial charge is 0.163 e. The molecule has 0 bridgehead atoms. The Bertz CT molecular complexity index is 331. The standard InChI is InChI=1S/C10H11NO/c11-6-7-2-1-3-9-8(7)4-5-10(9)12/h1-3H,4-6,11H2. The number of carbonyl (C=O) groups excluding carboxylic acids is 1. The molecular weight excluding hydrogens is 150 g/mol. The topological polar surface area (TPSA) is 43.1 Å². The van der Waals surface area contributed by atoms with E-state index in [9.17, 15) is 4.79 Å². The molecule has 0 radical (unpaired) electrons. The largest absolute Gasteiger partial charge is 0.326 e. The van der Waals surface area contributed by atoms with E-state index in [2.05, 4.69) is 0 Å². The highest BCUT2D eigenvalue weighted by atomic mass is 16.1. The van der Waals surface area contributed by atoms with E-state index in [0.717, 1.165) is 17.5 Å².